The number of rotatable bonds is 4. The molecule has 1 heterocycles. The first-order valence-electron chi connectivity index (χ1n) is 8.85. The van der Waals surface area contributed by atoms with Gasteiger partial charge in [-0.25, -0.2) is 0 Å². The molecule has 1 aliphatic rings. The van der Waals surface area contributed by atoms with Crippen LogP contribution in [0.15, 0.2) is 18.2 Å². The number of carbonyl (C=O) groups excluding carboxylic acids is 1. The summed E-state index contributed by atoms with van der Waals surface area (Å²) in [5, 5.41) is 0.106. The van der Waals surface area contributed by atoms with E-state index in [0.717, 1.165) is 11.3 Å². The van der Waals surface area contributed by atoms with Gasteiger partial charge in [-0.3, -0.25) is 4.79 Å². The van der Waals surface area contributed by atoms with Crippen molar-refractivity contribution in [1.29, 1.82) is 0 Å². The summed E-state index contributed by atoms with van der Waals surface area (Å²) in [6, 6.07) is 8.53. The number of carbonyl (C=O) groups is 1. The molecular weight excluding hydrogens is 366 g/mol. The summed E-state index contributed by atoms with van der Waals surface area (Å²) in [5.74, 6) is 0.406. The van der Waals surface area contributed by atoms with Crippen molar-refractivity contribution in [2.45, 2.75) is 76.6 Å². The average molecular weight is 395 g/mol. The molecule has 142 valence electrons. The topological polar surface area (TPSA) is 39.9 Å². The van der Waals surface area contributed by atoms with Crippen LogP contribution in [0.3, 0.4) is 0 Å². The Bertz CT molecular complexity index is 781. The van der Waals surface area contributed by atoms with E-state index >= 15 is 0 Å². The number of nitrogens with zero attached hydrogens (tertiary/aromatic N) is 1. The Morgan fingerprint density at radius 2 is 1.85 bits per heavy atom. The molecule has 0 amide bonds. The minimum absolute atomic E-state index is 0.00916. The highest BCUT2D eigenvalue weighted by Crippen LogP contribution is 2.46. The molecule has 1 atom stereocenters. The van der Waals surface area contributed by atoms with E-state index in [9.17, 15) is 4.79 Å². The number of hydrogen-bond acceptors (Lipinski definition) is 3. The quantitative estimate of drug-likeness (QED) is 0.346. The predicted octanol–water partition coefficient (Wildman–Crippen LogP) is 6.21. The first-order chi connectivity index (χ1) is 11.6. The number of esters is 1. The zero-order chi connectivity index (χ0) is 20.0. The molecule has 1 unspecified atom stereocenters. The molecule has 0 fully saturated rings. The van der Waals surface area contributed by atoms with Crippen molar-refractivity contribution in [3.05, 3.63) is 28.6 Å². The van der Waals surface area contributed by atoms with Gasteiger partial charge in [0.1, 0.15) is 11.4 Å². The molecule has 6 heteroatoms. The summed E-state index contributed by atoms with van der Waals surface area (Å²) in [6.45, 7) is 16.5. The van der Waals surface area contributed by atoms with E-state index in [-0.39, 0.29) is 17.4 Å². The van der Waals surface area contributed by atoms with Gasteiger partial charge in [0.15, 0.2) is 0 Å². The second-order valence-electron chi connectivity index (χ2n) is 9.33. The number of hydrogen-bond donors (Lipinski definition) is 0. The standard InChI is InChI=1S/C20H29ClNO3Si/c1-18(2,3)24-17(23)12-20(21)13-22-16-11-14(9-10-15(16)20)25-26(7,8)19(4,5)6/h9-11H,12H2,1-8H3/q+1. The highest BCUT2D eigenvalue weighted by atomic mass is 35.5. The molecule has 0 aromatic heterocycles. The van der Waals surface area contributed by atoms with E-state index in [1.54, 1.807) is 0 Å². The van der Waals surface area contributed by atoms with E-state index < -0.39 is 18.8 Å². The van der Waals surface area contributed by atoms with Crippen molar-refractivity contribution >= 4 is 31.6 Å². The van der Waals surface area contributed by atoms with E-state index in [2.05, 4.69) is 44.8 Å². The lowest BCUT2D eigenvalue weighted by molar-refractivity contribution is -0.155. The number of ether oxygens (including phenoxy) is 1. The monoisotopic (exact) mass is 394 g/mol. The van der Waals surface area contributed by atoms with E-state index in [1.165, 1.54) is 0 Å². The normalized spacial score (nSPS) is 19.4. The summed E-state index contributed by atoms with van der Waals surface area (Å²) >= 11 is 6.65. The molecular formula is C20H29ClNO3Si+. The highest BCUT2D eigenvalue weighted by molar-refractivity contribution is 6.74. The van der Waals surface area contributed by atoms with Crippen LogP contribution in [-0.2, 0) is 14.4 Å². The molecule has 0 N–H and O–H groups in total. The Balaban J connectivity index is 2.21. The van der Waals surface area contributed by atoms with Crippen LogP contribution in [0.5, 0.6) is 5.75 Å². The fourth-order valence-corrected chi connectivity index (χ4v) is 3.70. The first-order valence-corrected chi connectivity index (χ1v) is 12.1. The Morgan fingerprint density at radius 3 is 2.38 bits per heavy atom. The van der Waals surface area contributed by atoms with Crippen LogP contribution < -0.4 is 4.43 Å². The van der Waals surface area contributed by atoms with Crippen LogP contribution in [0.4, 0.5) is 5.69 Å². The van der Waals surface area contributed by atoms with Crippen LogP contribution in [0.25, 0.3) is 4.85 Å². The number of fused-ring (bicyclic) bond motifs is 1. The van der Waals surface area contributed by atoms with Crippen molar-refractivity contribution in [2.24, 2.45) is 0 Å². The van der Waals surface area contributed by atoms with Crippen LogP contribution in [-0.4, -0.2) is 19.9 Å². The maximum absolute atomic E-state index is 12.2. The molecule has 0 radical (unpaired) electrons. The van der Waals surface area contributed by atoms with Gasteiger partial charge in [0.25, 0.3) is 0 Å². The van der Waals surface area contributed by atoms with Gasteiger partial charge in [0.2, 0.25) is 13.2 Å². The van der Waals surface area contributed by atoms with Crippen LogP contribution in [0, 0.1) is 6.07 Å². The lowest BCUT2D eigenvalue weighted by atomic mass is 9.96. The molecule has 1 aromatic carbocycles. The molecule has 0 spiro atoms. The van der Waals surface area contributed by atoms with Gasteiger partial charge in [0.05, 0.1) is 18.1 Å². The number of benzene rings is 1. The average Bonchev–Trinajstić information content (AvgIpc) is 2.71. The maximum Gasteiger partial charge on any atom is 0.350 e. The maximum atomic E-state index is 12.2. The van der Waals surface area contributed by atoms with Crippen molar-refractivity contribution in [3.8, 4) is 11.8 Å². The zero-order valence-electron chi connectivity index (χ0n) is 17.0. The minimum atomic E-state index is -1.94. The lowest BCUT2D eigenvalue weighted by Gasteiger charge is -2.36. The van der Waals surface area contributed by atoms with E-state index in [0.29, 0.717) is 5.69 Å². The molecule has 1 aromatic rings. The van der Waals surface area contributed by atoms with Gasteiger partial charge in [-0.2, -0.15) is 0 Å². The first kappa shape index (κ1) is 20.8. The number of alkyl halides is 1. The summed E-state index contributed by atoms with van der Waals surface area (Å²) in [6.07, 6.45) is -0.00916. The summed E-state index contributed by atoms with van der Waals surface area (Å²) in [5.41, 5.74) is 0.899. The summed E-state index contributed by atoms with van der Waals surface area (Å²) in [4.78, 5) is 15.4. The van der Waals surface area contributed by atoms with E-state index in [1.807, 2.05) is 39.0 Å². The largest absolute Gasteiger partial charge is 0.543 e. The lowest BCUT2D eigenvalue weighted by Crippen LogP contribution is -2.43. The van der Waals surface area contributed by atoms with Crippen molar-refractivity contribution < 1.29 is 14.0 Å². The van der Waals surface area contributed by atoms with Crippen LogP contribution in [0.2, 0.25) is 18.1 Å². The summed E-state index contributed by atoms with van der Waals surface area (Å²) < 4.78 is 11.7. The Hall–Kier alpha value is -1.51. The van der Waals surface area contributed by atoms with Gasteiger partial charge in [0, 0.05) is 0 Å². The second kappa shape index (κ2) is 6.58. The minimum Gasteiger partial charge on any atom is -0.543 e. The Morgan fingerprint density at radius 1 is 1.23 bits per heavy atom. The number of halogens is 1. The predicted molar refractivity (Wildman–Crippen MR) is 109 cm³/mol. The fraction of sp³-hybridized carbons (Fsp3) is 0.600. The molecule has 0 aliphatic carbocycles. The highest BCUT2D eigenvalue weighted by Gasteiger charge is 2.47. The van der Waals surface area contributed by atoms with Crippen LogP contribution >= 0.6 is 11.6 Å². The van der Waals surface area contributed by atoms with Crippen LogP contribution in [0.1, 0.15) is 53.5 Å². The van der Waals surface area contributed by atoms with Gasteiger partial charge >= 0.3 is 17.7 Å². The molecule has 0 saturated heterocycles. The molecule has 2 rings (SSSR count). The van der Waals surface area contributed by atoms with Gasteiger partial charge in [-0.1, -0.05) is 32.4 Å². The fourth-order valence-electron chi connectivity index (χ4n) is 2.37. The zero-order valence-corrected chi connectivity index (χ0v) is 18.7. The van der Waals surface area contributed by atoms with Crippen molar-refractivity contribution in [3.63, 3.8) is 0 Å². The third-order valence-corrected chi connectivity index (χ3v) is 9.52. The molecule has 26 heavy (non-hydrogen) atoms. The van der Waals surface area contributed by atoms with Gasteiger partial charge < -0.3 is 9.16 Å². The Labute approximate surface area is 162 Å². The third-order valence-electron chi connectivity index (χ3n) is 4.74. The molecule has 1 aliphatic heterocycles. The summed E-state index contributed by atoms with van der Waals surface area (Å²) in [7, 11) is -1.94. The van der Waals surface area contributed by atoms with Gasteiger partial charge in [-0.05, 0) is 55.9 Å². The third kappa shape index (κ3) is 4.60. The van der Waals surface area contributed by atoms with E-state index in [4.69, 9.17) is 20.8 Å². The molecule has 0 bridgehead atoms. The molecule has 0 saturated carbocycles. The molecule has 4 nitrogen and oxygen atoms in total. The van der Waals surface area contributed by atoms with Crippen molar-refractivity contribution in [1.82, 2.24) is 0 Å². The SMILES string of the molecule is CC(C)(C)OC(=O)CC1(Cl)C#[N+]c2cc(O[Si](C)(C)C(C)(C)C)ccc21. The smallest absolute Gasteiger partial charge is 0.350 e. The Kier molecular flexibility index (Phi) is 5.26. The van der Waals surface area contributed by atoms with Crippen molar-refractivity contribution in [2.75, 3.05) is 0 Å². The second-order valence-corrected chi connectivity index (χ2v) is 14.7. The van der Waals surface area contributed by atoms with Gasteiger partial charge in [-0.15, -0.1) is 0 Å².